The van der Waals surface area contributed by atoms with Gasteiger partial charge in [0.1, 0.15) is 6.33 Å². The summed E-state index contributed by atoms with van der Waals surface area (Å²) < 4.78 is 5.42. The van der Waals surface area contributed by atoms with Crippen LogP contribution in [0.25, 0.3) is 10.2 Å². The Morgan fingerprint density at radius 3 is 3.00 bits per heavy atom. The highest BCUT2D eigenvalue weighted by atomic mass is 32.1. The van der Waals surface area contributed by atoms with Gasteiger partial charge in [0.15, 0.2) is 5.69 Å². The van der Waals surface area contributed by atoms with Gasteiger partial charge in [-0.25, -0.2) is 14.8 Å². The molecule has 0 aromatic carbocycles. The first-order chi connectivity index (χ1) is 6.72. The van der Waals surface area contributed by atoms with Gasteiger partial charge in [0.05, 0.1) is 17.3 Å². The van der Waals surface area contributed by atoms with E-state index in [0.717, 1.165) is 15.1 Å². The number of fused-ring (bicyclic) bond motifs is 1. The van der Waals surface area contributed by atoms with Crippen molar-refractivity contribution in [3.63, 3.8) is 0 Å². The first-order valence-corrected chi connectivity index (χ1v) is 4.83. The third-order valence-electron chi connectivity index (χ3n) is 1.81. The molecule has 2 aromatic rings. The van der Waals surface area contributed by atoms with E-state index >= 15 is 0 Å². The summed E-state index contributed by atoms with van der Waals surface area (Å²) >= 11 is 1.50. The van der Waals surface area contributed by atoms with Crippen LogP contribution in [0.2, 0.25) is 0 Å². The van der Waals surface area contributed by atoms with E-state index < -0.39 is 5.97 Å². The number of ether oxygens (including phenoxy) is 1. The van der Waals surface area contributed by atoms with E-state index in [-0.39, 0.29) is 0 Å². The first kappa shape index (κ1) is 9.08. The van der Waals surface area contributed by atoms with Crippen molar-refractivity contribution in [3.8, 4) is 0 Å². The molecule has 0 saturated heterocycles. The second-order valence-electron chi connectivity index (χ2n) is 2.79. The molecule has 0 bridgehead atoms. The molecular weight excluding hydrogens is 200 g/mol. The topological polar surface area (TPSA) is 52.1 Å². The van der Waals surface area contributed by atoms with Crippen LogP contribution in [0.4, 0.5) is 0 Å². The minimum Gasteiger partial charge on any atom is -0.464 e. The molecule has 4 nitrogen and oxygen atoms in total. The maximum Gasteiger partial charge on any atom is 0.358 e. The molecule has 0 unspecified atom stereocenters. The minimum atomic E-state index is -0.417. The van der Waals surface area contributed by atoms with Crippen molar-refractivity contribution in [3.05, 3.63) is 23.0 Å². The van der Waals surface area contributed by atoms with Crippen molar-refractivity contribution < 1.29 is 9.53 Å². The summed E-state index contributed by atoms with van der Waals surface area (Å²) in [6.07, 6.45) is 1.38. The molecule has 2 aromatic heterocycles. The highest BCUT2D eigenvalue weighted by Crippen LogP contribution is 2.25. The van der Waals surface area contributed by atoms with Gasteiger partial charge in [-0.1, -0.05) is 0 Å². The van der Waals surface area contributed by atoms with Gasteiger partial charge in [-0.3, -0.25) is 0 Å². The van der Waals surface area contributed by atoms with Crippen molar-refractivity contribution in [1.29, 1.82) is 0 Å². The van der Waals surface area contributed by atoms with Gasteiger partial charge in [0.2, 0.25) is 0 Å². The van der Waals surface area contributed by atoms with E-state index in [9.17, 15) is 4.79 Å². The van der Waals surface area contributed by atoms with Crippen LogP contribution in [0.15, 0.2) is 12.4 Å². The van der Waals surface area contributed by atoms with Crippen molar-refractivity contribution in [2.75, 3.05) is 7.11 Å². The van der Waals surface area contributed by atoms with E-state index in [1.165, 1.54) is 24.8 Å². The van der Waals surface area contributed by atoms with Crippen LogP contribution in [0, 0.1) is 6.92 Å². The second-order valence-corrected chi connectivity index (χ2v) is 4.04. The van der Waals surface area contributed by atoms with Crippen molar-refractivity contribution in [2.24, 2.45) is 0 Å². The molecule has 5 heteroatoms. The molecule has 0 amide bonds. The molecule has 72 valence electrons. The molecule has 0 atom stereocenters. The van der Waals surface area contributed by atoms with Crippen LogP contribution in [0.5, 0.6) is 0 Å². The Labute approximate surface area is 84.6 Å². The third-order valence-corrected chi connectivity index (χ3v) is 2.86. The smallest absolute Gasteiger partial charge is 0.358 e. The van der Waals surface area contributed by atoms with E-state index in [1.807, 2.05) is 13.0 Å². The Kier molecular flexibility index (Phi) is 2.17. The van der Waals surface area contributed by atoms with Gasteiger partial charge in [-0.05, 0) is 13.0 Å². The molecule has 0 radical (unpaired) electrons. The average Bonchev–Trinajstić information content (AvgIpc) is 2.56. The molecule has 2 rings (SSSR count). The largest absolute Gasteiger partial charge is 0.464 e. The highest BCUT2D eigenvalue weighted by molar-refractivity contribution is 7.19. The molecule has 14 heavy (non-hydrogen) atoms. The molecule has 0 spiro atoms. The number of thiophene rings is 1. The Hall–Kier alpha value is -1.49. The van der Waals surface area contributed by atoms with Gasteiger partial charge in [-0.2, -0.15) is 0 Å². The quantitative estimate of drug-likeness (QED) is 0.670. The van der Waals surface area contributed by atoms with Crippen LogP contribution in [-0.2, 0) is 4.74 Å². The normalized spacial score (nSPS) is 10.4. The molecule has 0 N–H and O–H groups in total. The number of esters is 1. The number of carbonyl (C=O) groups is 1. The standard InChI is InChI=1S/C9H8N2O2S/c1-5-3-6-8(14-5)7(9(12)13-2)11-4-10-6/h3-4H,1-2H3. The fourth-order valence-electron chi connectivity index (χ4n) is 1.22. The maximum atomic E-state index is 11.3. The van der Waals surface area contributed by atoms with Crippen molar-refractivity contribution >= 4 is 27.5 Å². The summed E-state index contributed by atoms with van der Waals surface area (Å²) in [7, 11) is 1.34. The molecule has 0 saturated carbocycles. The van der Waals surface area contributed by atoms with Crippen LogP contribution in [0.1, 0.15) is 15.4 Å². The predicted molar refractivity (Wildman–Crippen MR) is 53.5 cm³/mol. The van der Waals surface area contributed by atoms with Gasteiger partial charge < -0.3 is 4.74 Å². The third kappa shape index (κ3) is 1.35. The van der Waals surface area contributed by atoms with Gasteiger partial charge in [-0.15, -0.1) is 11.3 Å². The van der Waals surface area contributed by atoms with Gasteiger partial charge >= 0.3 is 5.97 Å². The van der Waals surface area contributed by atoms with E-state index in [0.29, 0.717) is 5.69 Å². The Balaban J connectivity index is 2.70. The zero-order chi connectivity index (χ0) is 10.1. The van der Waals surface area contributed by atoms with Crippen molar-refractivity contribution in [1.82, 2.24) is 9.97 Å². The fraction of sp³-hybridized carbons (Fsp3) is 0.222. The lowest BCUT2D eigenvalue weighted by Gasteiger charge is -1.97. The average molecular weight is 208 g/mol. The first-order valence-electron chi connectivity index (χ1n) is 4.02. The summed E-state index contributed by atoms with van der Waals surface area (Å²) in [4.78, 5) is 20.4. The van der Waals surface area contributed by atoms with Crippen LogP contribution in [0.3, 0.4) is 0 Å². The molecule has 0 aliphatic heterocycles. The van der Waals surface area contributed by atoms with E-state index in [2.05, 4.69) is 14.7 Å². The molecular formula is C9H8N2O2S. The Morgan fingerprint density at radius 1 is 1.50 bits per heavy atom. The van der Waals surface area contributed by atoms with Gasteiger partial charge in [0.25, 0.3) is 0 Å². The number of aryl methyl sites for hydroxylation is 1. The van der Waals surface area contributed by atoms with Crippen LogP contribution in [-0.4, -0.2) is 23.0 Å². The zero-order valence-corrected chi connectivity index (χ0v) is 8.59. The minimum absolute atomic E-state index is 0.343. The summed E-state index contributed by atoms with van der Waals surface area (Å²) in [5.41, 5.74) is 1.14. The lowest BCUT2D eigenvalue weighted by molar-refractivity contribution is 0.0596. The number of nitrogens with zero attached hydrogens (tertiary/aromatic N) is 2. The number of aromatic nitrogens is 2. The predicted octanol–water partition coefficient (Wildman–Crippen LogP) is 1.79. The monoisotopic (exact) mass is 208 g/mol. The summed E-state index contributed by atoms with van der Waals surface area (Å²) in [6.45, 7) is 1.97. The number of rotatable bonds is 1. The molecule has 0 aliphatic rings. The lowest BCUT2D eigenvalue weighted by atomic mass is 10.3. The maximum absolute atomic E-state index is 11.3. The molecule has 2 heterocycles. The SMILES string of the molecule is COC(=O)c1ncnc2cc(C)sc12. The molecule has 0 aliphatic carbocycles. The van der Waals surface area contributed by atoms with Crippen LogP contribution < -0.4 is 0 Å². The highest BCUT2D eigenvalue weighted by Gasteiger charge is 2.14. The number of carbonyl (C=O) groups excluding carboxylic acids is 1. The van der Waals surface area contributed by atoms with E-state index in [4.69, 9.17) is 0 Å². The second kappa shape index (κ2) is 3.34. The fourth-order valence-corrected chi connectivity index (χ4v) is 2.16. The molecule has 0 fully saturated rings. The summed E-state index contributed by atoms with van der Waals surface area (Å²) in [6, 6.07) is 1.92. The number of methoxy groups -OCH3 is 1. The van der Waals surface area contributed by atoms with Crippen LogP contribution >= 0.6 is 11.3 Å². The van der Waals surface area contributed by atoms with Crippen molar-refractivity contribution in [2.45, 2.75) is 6.92 Å². The zero-order valence-electron chi connectivity index (χ0n) is 7.77. The van der Waals surface area contributed by atoms with E-state index in [1.54, 1.807) is 0 Å². The Morgan fingerprint density at radius 2 is 2.29 bits per heavy atom. The number of hydrogen-bond donors (Lipinski definition) is 0. The van der Waals surface area contributed by atoms with Gasteiger partial charge in [0, 0.05) is 4.88 Å². The number of hydrogen-bond acceptors (Lipinski definition) is 5. The Bertz CT molecular complexity index is 493. The summed E-state index contributed by atoms with van der Waals surface area (Å²) in [5.74, 6) is -0.417. The lowest BCUT2D eigenvalue weighted by Crippen LogP contribution is -2.04. The summed E-state index contributed by atoms with van der Waals surface area (Å²) in [5, 5.41) is 0.